The van der Waals surface area contributed by atoms with E-state index in [1.165, 1.54) is 22.0 Å². The van der Waals surface area contributed by atoms with Crippen LogP contribution in [0, 0.1) is 6.92 Å². The number of anilines is 1. The molecule has 3 rings (SSSR count). The Labute approximate surface area is 125 Å². The first kappa shape index (κ1) is 13.6. The molecule has 1 aromatic heterocycles. The Morgan fingerprint density at radius 3 is 2.86 bits per heavy atom. The lowest BCUT2D eigenvalue weighted by molar-refractivity contribution is 0.341. The number of H-pyrrole nitrogens is 1. The minimum atomic E-state index is 0.673. The summed E-state index contributed by atoms with van der Waals surface area (Å²) in [4.78, 5) is 3.24. The predicted molar refractivity (Wildman–Crippen MR) is 88.0 cm³/mol. The lowest BCUT2D eigenvalue weighted by Gasteiger charge is -2.13. The molecule has 2 aromatic carbocycles. The SMILES string of the molecule is CCOc1cc(C)ccc1NCc1ccc2cc[nH]c2c1. The Kier molecular flexibility index (Phi) is 3.82. The number of hydrogen-bond acceptors (Lipinski definition) is 2. The number of aryl methyl sites for hydroxylation is 1. The van der Waals surface area contributed by atoms with E-state index in [0.717, 1.165) is 18.0 Å². The second-order valence-corrected chi connectivity index (χ2v) is 5.19. The summed E-state index contributed by atoms with van der Waals surface area (Å²) in [6, 6.07) is 14.8. The van der Waals surface area contributed by atoms with Gasteiger partial charge in [-0.25, -0.2) is 0 Å². The maximum atomic E-state index is 5.70. The smallest absolute Gasteiger partial charge is 0.142 e. The fourth-order valence-corrected chi connectivity index (χ4v) is 2.45. The zero-order valence-corrected chi connectivity index (χ0v) is 12.4. The highest BCUT2D eigenvalue weighted by Crippen LogP contribution is 2.26. The number of nitrogens with one attached hydrogen (secondary N) is 2. The standard InChI is InChI=1S/C18H20N2O/c1-3-21-18-10-13(2)4-7-16(18)20-12-14-5-6-15-8-9-19-17(15)11-14/h4-11,19-20H,3,12H2,1-2H3. The topological polar surface area (TPSA) is 37.0 Å². The second-order valence-electron chi connectivity index (χ2n) is 5.19. The van der Waals surface area contributed by atoms with Gasteiger partial charge in [0.15, 0.2) is 0 Å². The van der Waals surface area contributed by atoms with Crippen LogP contribution < -0.4 is 10.1 Å². The van der Waals surface area contributed by atoms with Crippen molar-refractivity contribution in [3.05, 3.63) is 59.8 Å². The van der Waals surface area contributed by atoms with Crippen LogP contribution in [0.15, 0.2) is 48.7 Å². The number of hydrogen-bond donors (Lipinski definition) is 2. The molecule has 0 spiro atoms. The van der Waals surface area contributed by atoms with Crippen molar-refractivity contribution in [2.45, 2.75) is 20.4 Å². The van der Waals surface area contributed by atoms with Gasteiger partial charge in [-0.15, -0.1) is 0 Å². The normalized spacial score (nSPS) is 10.8. The fourth-order valence-electron chi connectivity index (χ4n) is 2.45. The molecule has 0 atom stereocenters. The quantitative estimate of drug-likeness (QED) is 0.722. The summed E-state index contributed by atoms with van der Waals surface area (Å²) in [5.41, 5.74) is 4.65. The summed E-state index contributed by atoms with van der Waals surface area (Å²) in [5.74, 6) is 0.915. The van der Waals surface area contributed by atoms with Crippen LogP contribution in [0.25, 0.3) is 10.9 Å². The maximum Gasteiger partial charge on any atom is 0.142 e. The fraction of sp³-hybridized carbons (Fsp3) is 0.222. The van der Waals surface area contributed by atoms with Crippen molar-refractivity contribution in [3.63, 3.8) is 0 Å². The van der Waals surface area contributed by atoms with Gasteiger partial charge in [0.05, 0.1) is 12.3 Å². The second kappa shape index (κ2) is 5.92. The third kappa shape index (κ3) is 3.02. The van der Waals surface area contributed by atoms with Gasteiger partial charge >= 0.3 is 0 Å². The molecule has 0 aliphatic heterocycles. The first-order valence-corrected chi connectivity index (χ1v) is 7.29. The predicted octanol–water partition coefficient (Wildman–Crippen LogP) is 4.49. The zero-order valence-electron chi connectivity index (χ0n) is 12.4. The van der Waals surface area contributed by atoms with E-state index in [2.05, 4.69) is 59.7 Å². The Morgan fingerprint density at radius 2 is 2.00 bits per heavy atom. The van der Waals surface area contributed by atoms with Gasteiger partial charge in [0.2, 0.25) is 0 Å². The largest absolute Gasteiger partial charge is 0.492 e. The van der Waals surface area contributed by atoms with Crippen LogP contribution in [0.2, 0.25) is 0 Å². The van der Waals surface area contributed by atoms with Gasteiger partial charge in [0.25, 0.3) is 0 Å². The summed E-state index contributed by atoms with van der Waals surface area (Å²) in [6.45, 7) is 5.53. The summed E-state index contributed by atoms with van der Waals surface area (Å²) in [6.07, 6.45) is 1.97. The van der Waals surface area contributed by atoms with Crippen LogP contribution >= 0.6 is 0 Å². The minimum absolute atomic E-state index is 0.673. The van der Waals surface area contributed by atoms with Crippen LogP contribution in [0.1, 0.15) is 18.1 Å². The van der Waals surface area contributed by atoms with E-state index in [-0.39, 0.29) is 0 Å². The molecule has 0 fully saturated rings. The molecule has 1 heterocycles. The summed E-state index contributed by atoms with van der Waals surface area (Å²) in [5, 5.41) is 4.70. The molecule has 3 nitrogen and oxygen atoms in total. The van der Waals surface area contributed by atoms with E-state index >= 15 is 0 Å². The molecule has 108 valence electrons. The van der Waals surface area contributed by atoms with Gasteiger partial charge in [-0.1, -0.05) is 18.2 Å². The van der Waals surface area contributed by atoms with Crippen molar-refractivity contribution in [1.82, 2.24) is 4.98 Å². The lowest BCUT2D eigenvalue weighted by atomic mass is 10.1. The van der Waals surface area contributed by atoms with Crippen molar-refractivity contribution in [2.24, 2.45) is 0 Å². The summed E-state index contributed by atoms with van der Waals surface area (Å²) >= 11 is 0. The number of ether oxygens (including phenoxy) is 1. The molecule has 0 aliphatic carbocycles. The molecule has 0 amide bonds. The first-order chi connectivity index (χ1) is 10.3. The Hall–Kier alpha value is -2.42. The van der Waals surface area contributed by atoms with E-state index in [1.54, 1.807) is 0 Å². The highest BCUT2D eigenvalue weighted by molar-refractivity contribution is 5.79. The van der Waals surface area contributed by atoms with Crippen molar-refractivity contribution >= 4 is 16.6 Å². The highest BCUT2D eigenvalue weighted by atomic mass is 16.5. The number of aromatic amines is 1. The molecule has 21 heavy (non-hydrogen) atoms. The minimum Gasteiger partial charge on any atom is -0.492 e. The number of benzene rings is 2. The molecule has 0 unspecified atom stereocenters. The van der Waals surface area contributed by atoms with E-state index in [9.17, 15) is 0 Å². The molecule has 0 saturated carbocycles. The first-order valence-electron chi connectivity index (χ1n) is 7.29. The molecule has 0 aliphatic rings. The monoisotopic (exact) mass is 280 g/mol. The van der Waals surface area contributed by atoms with Gasteiger partial charge in [-0.3, -0.25) is 0 Å². The number of rotatable bonds is 5. The number of fused-ring (bicyclic) bond motifs is 1. The van der Waals surface area contributed by atoms with Crippen LogP contribution in [0.4, 0.5) is 5.69 Å². The summed E-state index contributed by atoms with van der Waals surface area (Å²) in [7, 11) is 0. The van der Waals surface area contributed by atoms with Crippen LogP contribution in [-0.4, -0.2) is 11.6 Å². The van der Waals surface area contributed by atoms with E-state index < -0.39 is 0 Å². The van der Waals surface area contributed by atoms with Crippen molar-refractivity contribution in [1.29, 1.82) is 0 Å². The van der Waals surface area contributed by atoms with E-state index in [1.807, 2.05) is 13.1 Å². The van der Waals surface area contributed by atoms with Gasteiger partial charge < -0.3 is 15.0 Å². The maximum absolute atomic E-state index is 5.70. The molecule has 0 saturated heterocycles. The zero-order chi connectivity index (χ0) is 14.7. The van der Waals surface area contributed by atoms with E-state index in [4.69, 9.17) is 4.74 Å². The molecule has 3 heteroatoms. The Bertz CT molecular complexity index is 746. The third-order valence-corrected chi connectivity index (χ3v) is 3.54. The molecular formula is C18H20N2O. The molecule has 0 radical (unpaired) electrons. The van der Waals surface area contributed by atoms with Crippen LogP contribution in [0.3, 0.4) is 0 Å². The van der Waals surface area contributed by atoms with Crippen LogP contribution in [0.5, 0.6) is 5.75 Å². The van der Waals surface area contributed by atoms with Gasteiger partial charge in [0.1, 0.15) is 5.75 Å². The Balaban J connectivity index is 1.77. The average molecular weight is 280 g/mol. The highest BCUT2D eigenvalue weighted by Gasteiger charge is 2.04. The molecule has 3 aromatic rings. The van der Waals surface area contributed by atoms with Crippen molar-refractivity contribution < 1.29 is 4.74 Å². The van der Waals surface area contributed by atoms with Gasteiger partial charge in [0, 0.05) is 18.3 Å². The van der Waals surface area contributed by atoms with Crippen molar-refractivity contribution in [2.75, 3.05) is 11.9 Å². The molecule has 2 N–H and O–H groups in total. The van der Waals surface area contributed by atoms with E-state index in [0.29, 0.717) is 6.61 Å². The third-order valence-electron chi connectivity index (χ3n) is 3.54. The summed E-state index contributed by atoms with van der Waals surface area (Å²) < 4.78 is 5.70. The van der Waals surface area contributed by atoms with Gasteiger partial charge in [-0.05, 0) is 54.6 Å². The molecular weight excluding hydrogens is 260 g/mol. The Morgan fingerprint density at radius 1 is 1.10 bits per heavy atom. The number of aromatic nitrogens is 1. The van der Waals surface area contributed by atoms with Gasteiger partial charge in [-0.2, -0.15) is 0 Å². The lowest BCUT2D eigenvalue weighted by Crippen LogP contribution is -2.03. The molecule has 0 bridgehead atoms. The average Bonchev–Trinajstić information content (AvgIpc) is 2.94. The van der Waals surface area contributed by atoms with Crippen molar-refractivity contribution in [3.8, 4) is 5.75 Å². The van der Waals surface area contributed by atoms with Crippen LogP contribution in [-0.2, 0) is 6.54 Å².